The Kier molecular flexibility index (Phi) is 4.97. The van der Waals surface area contributed by atoms with Gasteiger partial charge in [-0.3, -0.25) is 11.3 Å². The molecule has 1 unspecified atom stereocenters. The van der Waals surface area contributed by atoms with Gasteiger partial charge in [0.05, 0.1) is 6.04 Å². The lowest BCUT2D eigenvalue weighted by atomic mass is 9.96. The van der Waals surface area contributed by atoms with Gasteiger partial charge in [0.25, 0.3) is 0 Å². The summed E-state index contributed by atoms with van der Waals surface area (Å²) in [5.74, 6) is 5.76. The van der Waals surface area contributed by atoms with E-state index in [1.807, 2.05) is 0 Å². The van der Waals surface area contributed by atoms with Crippen LogP contribution in [0.5, 0.6) is 0 Å². The van der Waals surface area contributed by atoms with E-state index < -0.39 is 0 Å². The van der Waals surface area contributed by atoms with Crippen LogP contribution in [0.15, 0.2) is 40.9 Å². The van der Waals surface area contributed by atoms with Crippen molar-refractivity contribution in [3.8, 4) is 0 Å². The quantitative estimate of drug-likeness (QED) is 0.652. The summed E-state index contributed by atoms with van der Waals surface area (Å²) in [4.78, 5) is 0. The van der Waals surface area contributed by atoms with Gasteiger partial charge in [-0.2, -0.15) is 0 Å². The van der Waals surface area contributed by atoms with E-state index in [0.717, 1.165) is 10.9 Å². The Bertz CT molecular complexity index is 608. The zero-order valence-corrected chi connectivity index (χ0v) is 13.8. The molecule has 2 rings (SSSR count). The minimum Gasteiger partial charge on any atom is -0.271 e. The zero-order chi connectivity index (χ0) is 14.7. The molecule has 0 saturated heterocycles. The minimum absolute atomic E-state index is 0.104. The number of hydrogen-bond donors (Lipinski definition) is 2. The topological polar surface area (TPSA) is 38.0 Å². The van der Waals surface area contributed by atoms with Crippen LogP contribution in [0, 0.1) is 20.8 Å². The van der Waals surface area contributed by atoms with Gasteiger partial charge in [-0.15, -0.1) is 0 Å². The molecule has 0 aliphatic carbocycles. The Labute approximate surface area is 129 Å². The molecular weight excluding hydrogens is 312 g/mol. The molecule has 20 heavy (non-hydrogen) atoms. The van der Waals surface area contributed by atoms with E-state index in [1.165, 1.54) is 27.8 Å². The summed E-state index contributed by atoms with van der Waals surface area (Å²) in [7, 11) is 0. The van der Waals surface area contributed by atoms with Gasteiger partial charge in [-0.1, -0.05) is 46.3 Å². The number of nitrogens with one attached hydrogen (secondary N) is 1. The third kappa shape index (κ3) is 3.48. The fourth-order valence-corrected chi connectivity index (χ4v) is 3.11. The second-order valence-electron chi connectivity index (χ2n) is 5.37. The first-order valence-corrected chi connectivity index (χ1v) is 7.59. The molecule has 0 aromatic heterocycles. The number of rotatable bonds is 4. The highest BCUT2D eigenvalue weighted by molar-refractivity contribution is 9.10. The van der Waals surface area contributed by atoms with E-state index in [2.05, 4.69) is 78.5 Å². The molecule has 1 atom stereocenters. The molecule has 3 heteroatoms. The van der Waals surface area contributed by atoms with Gasteiger partial charge >= 0.3 is 0 Å². The van der Waals surface area contributed by atoms with Crippen molar-refractivity contribution < 1.29 is 0 Å². The van der Waals surface area contributed by atoms with E-state index in [0.29, 0.717) is 0 Å². The van der Waals surface area contributed by atoms with Crippen molar-refractivity contribution in [2.24, 2.45) is 5.84 Å². The van der Waals surface area contributed by atoms with Crippen molar-refractivity contribution in [2.75, 3.05) is 0 Å². The molecule has 0 bridgehead atoms. The number of halogens is 1. The molecule has 3 N–H and O–H groups in total. The average molecular weight is 333 g/mol. The Morgan fingerprint density at radius 1 is 1.05 bits per heavy atom. The summed E-state index contributed by atoms with van der Waals surface area (Å²) >= 11 is 3.63. The van der Waals surface area contributed by atoms with Gasteiger partial charge in [0.2, 0.25) is 0 Å². The minimum atomic E-state index is 0.104. The Morgan fingerprint density at radius 3 is 2.40 bits per heavy atom. The molecular formula is C17H21BrN2. The fraction of sp³-hybridized carbons (Fsp3) is 0.294. The average Bonchev–Trinajstić information content (AvgIpc) is 2.41. The first-order valence-electron chi connectivity index (χ1n) is 6.79. The lowest BCUT2D eigenvalue weighted by Crippen LogP contribution is -2.29. The summed E-state index contributed by atoms with van der Waals surface area (Å²) in [6, 6.07) is 13.1. The van der Waals surface area contributed by atoms with Gasteiger partial charge in [0.1, 0.15) is 0 Å². The zero-order valence-electron chi connectivity index (χ0n) is 12.2. The summed E-state index contributed by atoms with van der Waals surface area (Å²) < 4.78 is 1.10. The third-order valence-electron chi connectivity index (χ3n) is 3.74. The highest BCUT2D eigenvalue weighted by Gasteiger charge is 2.14. The van der Waals surface area contributed by atoms with Gasteiger partial charge in [-0.25, -0.2) is 0 Å². The number of hydrogen-bond acceptors (Lipinski definition) is 2. The summed E-state index contributed by atoms with van der Waals surface area (Å²) in [5, 5.41) is 0. The molecule has 0 spiro atoms. The van der Waals surface area contributed by atoms with Crippen molar-refractivity contribution in [1.29, 1.82) is 0 Å². The van der Waals surface area contributed by atoms with E-state index >= 15 is 0 Å². The van der Waals surface area contributed by atoms with Crippen molar-refractivity contribution in [2.45, 2.75) is 33.2 Å². The number of aryl methyl sites for hydroxylation is 3. The van der Waals surface area contributed by atoms with Crippen LogP contribution in [0.3, 0.4) is 0 Å². The van der Waals surface area contributed by atoms with E-state index in [1.54, 1.807) is 0 Å². The van der Waals surface area contributed by atoms with Crippen LogP contribution in [0.1, 0.15) is 33.9 Å². The highest BCUT2D eigenvalue weighted by Crippen LogP contribution is 2.27. The van der Waals surface area contributed by atoms with Gasteiger partial charge in [0.15, 0.2) is 0 Å². The van der Waals surface area contributed by atoms with Crippen molar-refractivity contribution in [3.05, 3.63) is 68.7 Å². The number of nitrogens with two attached hydrogens (primary N) is 1. The molecule has 0 fully saturated rings. The molecule has 0 saturated carbocycles. The van der Waals surface area contributed by atoms with E-state index in [4.69, 9.17) is 5.84 Å². The van der Waals surface area contributed by atoms with Crippen LogP contribution in [0.25, 0.3) is 0 Å². The molecule has 2 nitrogen and oxygen atoms in total. The number of hydrazine groups is 1. The predicted molar refractivity (Wildman–Crippen MR) is 88.6 cm³/mol. The van der Waals surface area contributed by atoms with Crippen LogP contribution < -0.4 is 11.3 Å². The third-order valence-corrected chi connectivity index (χ3v) is 4.43. The molecule has 0 heterocycles. The van der Waals surface area contributed by atoms with Crippen LogP contribution >= 0.6 is 15.9 Å². The van der Waals surface area contributed by atoms with Gasteiger partial charge in [-0.05, 0) is 61.1 Å². The fourth-order valence-electron chi connectivity index (χ4n) is 2.34. The maximum Gasteiger partial charge on any atom is 0.0511 e. The first kappa shape index (κ1) is 15.2. The Morgan fingerprint density at radius 2 is 1.80 bits per heavy atom. The standard InChI is InChI=1S/C17H21BrN2/c1-11-4-7-15(16(18)8-11)17(20-19)10-14-6-5-12(2)13(3)9-14/h4-9,17,20H,10,19H2,1-3H3. The second-order valence-corrected chi connectivity index (χ2v) is 6.22. The van der Waals surface area contributed by atoms with Crippen LogP contribution in [0.4, 0.5) is 0 Å². The lowest BCUT2D eigenvalue weighted by molar-refractivity contribution is 0.549. The Hall–Kier alpha value is -1.16. The smallest absolute Gasteiger partial charge is 0.0511 e. The molecule has 0 radical (unpaired) electrons. The molecule has 2 aromatic carbocycles. The normalized spacial score (nSPS) is 12.4. The van der Waals surface area contributed by atoms with Crippen LogP contribution in [0.2, 0.25) is 0 Å². The maximum atomic E-state index is 5.76. The summed E-state index contributed by atoms with van der Waals surface area (Å²) in [6.07, 6.45) is 0.874. The van der Waals surface area contributed by atoms with E-state index in [9.17, 15) is 0 Å². The van der Waals surface area contributed by atoms with Crippen molar-refractivity contribution >= 4 is 15.9 Å². The number of benzene rings is 2. The highest BCUT2D eigenvalue weighted by atomic mass is 79.9. The predicted octanol–water partition coefficient (Wildman–Crippen LogP) is 4.12. The second kappa shape index (κ2) is 6.53. The molecule has 0 aliphatic rings. The van der Waals surface area contributed by atoms with Gasteiger partial charge < -0.3 is 0 Å². The first-order chi connectivity index (χ1) is 9.51. The molecule has 0 amide bonds. The monoisotopic (exact) mass is 332 g/mol. The molecule has 106 valence electrons. The van der Waals surface area contributed by atoms with Gasteiger partial charge in [0, 0.05) is 4.47 Å². The maximum absolute atomic E-state index is 5.76. The van der Waals surface area contributed by atoms with Crippen molar-refractivity contribution in [3.63, 3.8) is 0 Å². The summed E-state index contributed by atoms with van der Waals surface area (Å²) in [6.45, 7) is 6.36. The molecule has 2 aromatic rings. The SMILES string of the molecule is Cc1ccc(C(Cc2ccc(C)c(C)c2)NN)c(Br)c1. The largest absolute Gasteiger partial charge is 0.271 e. The van der Waals surface area contributed by atoms with Crippen LogP contribution in [-0.2, 0) is 6.42 Å². The molecule has 0 aliphatic heterocycles. The van der Waals surface area contributed by atoms with Crippen LogP contribution in [-0.4, -0.2) is 0 Å². The van der Waals surface area contributed by atoms with Crippen molar-refractivity contribution in [1.82, 2.24) is 5.43 Å². The Balaban J connectivity index is 2.26. The summed E-state index contributed by atoms with van der Waals surface area (Å²) in [5.41, 5.74) is 9.30. The van der Waals surface area contributed by atoms with E-state index in [-0.39, 0.29) is 6.04 Å². The lowest BCUT2D eigenvalue weighted by Gasteiger charge is -2.19.